The van der Waals surface area contributed by atoms with Crippen LogP contribution in [0.1, 0.15) is 5.56 Å². The molecule has 0 saturated carbocycles. The first-order valence-corrected chi connectivity index (χ1v) is 7.51. The van der Waals surface area contributed by atoms with Crippen LogP contribution in [0.2, 0.25) is 0 Å². The molecule has 3 nitrogen and oxygen atoms in total. The van der Waals surface area contributed by atoms with E-state index in [9.17, 15) is 4.79 Å². The highest BCUT2D eigenvalue weighted by Crippen LogP contribution is 2.23. The summed E-state index contributed by atoms with van der Waals surface area (Å²) in [6, 6.07) is 24.0. The lowest BCUT2D eigenvalue weighted by Crippen LogP contribution is -2.34. The summed E-state index contributed by atoms with van der Waals surface area (Å²) in [7, 11) is 2.01. The number of rotatable bonds is 4. The van der Waals surface area contributed by atoms with Crippen molar-refractivity contribution in [1.29, 1.82) is 0 Å². The van der Waals surface area contributed by atoms with Crippen molar-refractivity contribution in [2.45, 2.75) is 6.42 Å². The van der Waals surface area contributed by atoms with E-state index in [1.807, 2.05) is 79.8 Å². The van der Waals surface area contributed by atoms with Gasteiger partial charge in [-0.3, -0.25) is 4.79 Å². The van der Waals surface area contributed by atoms with Crippen LogP contribution in [0.5, 0.6) is 0 Å². The lowest BCUT2D eigenvalue weighted by molar-refractivity contribution is -0.649. The van der Waals surface area contributed by atoms with Crippen LogP contribution in [0.25, 0.3) is 22.5 Å². The van der Waals surface area contributed by atoms with E-state index in [1.165, 1.54) is 0 Å². The zero-order chi connectivity index (χ0) is 16.2. The first-order valence-electron chi connectivity index (χ1n) is 7.51. The van der Waals surface area contributed by atoms with Gasteiger partial charge in [-0.15, -0.1) is 0 Å². The summed E-state index contributed by atoms with van der Waals surface area (Å²) in [5.41, 5.74) is 4.94. The quantitative estimate of drug-likeness (QED) is 0.750. The minimum atomic E-state index is -0.822. The van der Waals surface area contributed by atoms with Gasteiger partial charge in [0.1, 0.15) is 7.05 Å². The Kier molecular flexibility index (Phi) is 4.20. The van der Waals surface area contributed by atoms with E-state index in [0.717, 1.165) is 28.1 Å². The fourth-order valence-corrected chi connectivity index (χ4v) is 2.76. The van der Waals surface area contributed by atoms with Crippen molar-refractivity contribution in [2.24, 2.45) is 7.05 Å². The van der Waals surface area contributed by atoms with Crippen molar-refractivity contribution in [3.8, 4) is 22.5 Å². The van der Waals surface area contributed by atoms with Gasteiger partial charge in [0.25, 0.3) is 0 Å². The fourth-order valence-electron chi connectivity index (χ4n) is 2.76. The molecule has 1 N–H and O–H groups in total. The molecular weight excluding hydrogens is 286 g/mol. The predicted octanol–water partition coefficient (Wildman–Crippen LogP) is 3.47. The number of aliphatic carboxylic acids is 1. The smallest absolute Gasteiger partial charge is 0.307 e. The van der Waals surface area contributed by atoms with E-state index in [0.29, 0.717) is 0 Å². The third kappa shape index (κ3) is 3.29. The maximum absolute atomic E-state index is 11.1. The van der Waals surface area contributed by atoms with Crippen molar-refractivity contribution in [3.05, 3.63) is 78.4 Å². The number of carbonyl (C=O) groups is 1. The Morgan fingerprint density at radius 1 is 0.870 bits per heavy atom. The standard InChI is InChI=1S/C20H17NO2/c1-21-18(16-8-4-2-5-9-16)12-15(14-20(22)23)13-19(21)17-10-6-3-7-11-17/h2-13H,14H2,1H3/p+1. The lowest BCUT2D eigenvalue weighted by Gasteiger charge is -2.08. The number of aromatic nitrogens is 1. The highest BCUT2D eigenvalue weighted by molar-refractivity contribution is 5.72. The second-order valence-electron chi connectivity index (χ2n) is 5.50. The molecule has 1 heterocycles. The third-order valence-corrected chi connectivity index (χ3v) is 3.86. The molecule has 0 unspecified atom stereocenters. The van der Waals surface area contributed by atoms with Crippen LogP contribution >= 0.6 is 0 Å². The molecule has 3 aromatic rings. The van der Waals surface area contributed by atoms with Gasteiger partial charge in [0.15, 0.2) is 0 Å². The molecule has 114 valence electrons. The van der Waals surface area contributed by atoms with Crippen molar-refractivity contribution in [3.63, 3.8) is 0 Å². The van der Waals surface area contributed by atoms with Gasteiger partial charge >= 0.3 is 5.97 Å². The molecule has 0 fully saturated rings. The topological polar surface area (TPSA) is 41.2 Å². The Hall–Kier alpha value is -2.94. The third-order valence-electron chi connectivity index (χ3n) is 3.86. The second-order valence-corrected chi connectivity index (χ2v) is 5.50. The molecule has 1 aromatic heterocycles. The number of carboxylic acids is 1. The van der Waals surface area contributed by atoms with Crippen molar-refractivity contribution in [2.75, 3.05) is 0 Å². The molecule has 0 aliphatic rings. The highest BCUT2D eigenvalue weighted by Gasteiger charge is 2.19. The minimum Gasteiger partial charge on any atom is -0.481 e. The average Bonchev–Trinajstić information content (AvgIpc) is 2.57. The molecule has 0 bridgehead atoms. The normalized spacial score (nSPS) is 10.5. The number of hydrogen-bond donors (Lipinski definition) is 1. The van der Waals surface area contributed by atoms with Crippen LogP contribution in [0, 0.1) is 0 Å². The Balaban J connectivity index is 2.21. The molecule has 23 heavy (non-hydrogen) atoms. The Bertz CT molecular complexity index is 766. The van der Waals surface area contributed by atoms with E-state index >= 15 is 0 Å². The summed E-state index contributed by atoms with van der Waals surface area (Å²) in [6.07, 6.45) is 0.0144. The molecule has 3 rings (SSSR count). The van der Waals surface area contributed by atoms with Crippen molar-refractivity contribution in [1.82, 2.24) is 0 Å². The number of benzene rings is 2. The van der Waals surface area contributed by atoms with Gasteiger partial charge in [-0.1, -0.05) is 36.4 Å². The van der Waals surface area contributed by atoms with E-state index in [1.54, 1.807) is 0 Å². The minimum absolute atomic E-state index is 0.0144. The number of nitrogens with zero attached hydrogens (tertiary/aromatic N) is 1. The lowest BCUT2D eigenvalue weighted by atomic mass is 10.0. The molecule has 0 amide bonds. The van der Waals surface area contributed by atoms with Crippen LogP contribution in [-0.2, 0) is 18.3 Å². The molecule has 0 spiro atoms. The maximum atomic E-state index is 11.1. The van der Waals surface area contributed by atoms with Crippen molar-refractivity contribution >= 4 is 5.97 Å². The Morgan fingerprint density at radius 2 is 1.30 bits per heavy atom. The number of pyridine rings is 1. The van der Waals surface area contributed by atoms with Crippen LogP contribution in [-0.4, -0.2) is 11.1 Å². The summed E-state index contributed by atoms with van der Waals surface area (Å²) >= 11 is 0. The highest BCUT2D eigenvalue weighted by atomic mass is 16.4. The number of hydrogen-bond acceptors (Lipinski definition) is 1. The van der Waals surface area contributed by atoms with Crippen LogP contribution in [0.3, 0.4) is 0 Å². The largest absolute Gasteiger partial charge is 0.481 e. The molecular formula is C20H18NO2+. The molecule has 0 aliphatic heterocycles. The van der Waals surface area contributed by atoms with E-state index in [-0.39, 0.29) is 6.42 Å². The zero-order valence-electron chi connectivity index (χ0n) is 12.9. The van der Waals surface area contributed by atoms with Gasteiger partial charge in [-0.25, -0.2) is 0 Å². The molecule has 0 atom stereocenters. The van der Waals surface area contributed by atoms with E-state index in [2.05, 4.69) is 4.57 Å². The van der Waals surface area contributed by atoms with E-state index in [4.69, 9.17) is 5.11 Å². The zero-order valence-corrected chi connectivity index (χ0v) is 12.9. The summed E-state index contributed by atoms with van der Waals surface area (Å²) in [5, 5.41) is 9.15. The second kappa shape index (κ2) is 6.44. The number of carboxylic acid groups (broad SMARTS) is 1. The monoisotopic (exact) mass is 304 g/mol. The fraction of sp³-hybridized carbons (Fsp3) is 0.100. The maximum Gasteiger partial charge on any atom is 0.307 e. The first-order chi connectivity index (χ1) is 11.1. The summed E-state index contributed by atoms with van der Waals surface area (Å²) in [6.45, 7) is 0. The van der Waals surface area contributed by atoms with Gasteiger partial charge in [-0.2, -0.15) is 4.57 Å². The van der Waals surface area contributed by atoms with Crippen LogP contribution in [0.4, 0.5) is 0 Å². The van der Waals surface area contributed by atoms with Gasteiger partial charge in [0.05, 0.1) is 6.42 Å². The summed E-state index contributed by atoms with van der Waals surface area (Å²) in [5.74, 6) is -0.822. The van der Waals surface area contributed by atoms with Crippen LogP contribution < -0.4 is 4.57 Å². The van der Waals surface area contributed by atoms with Gasteiger partial charge in [0.2, 0.25) is 11.4 Å². The average molecular weight is 304 g/mol. The van der Waals surface area contributed by atoms with E-state index < -0.39 is 5.97 Å². The molecule has 0 saturated heterocycles. The van der Waals surface area contributed by atoms with Crippen LogP contribution in [0.15, 0.2) is 72.8 Å². The molecule has 0 radical (unpaired) electrons. The molecule has 3 heteroatoms. The molecule has 0 aliphatic carbocycles. The molecule has 2 aromatic carbocycles. The van der Waals surface area contributed by atoms with Crippen molar-refractivity contribution < 1.29 is 14.5 Å². The first kappa shape index (κ1) is 15.0. The van der Waals surface area contributed by atoms with Gasteiger partial charge in [-0.05, 0) is 29.8 Å². The Labute approximate surface area is 135 Å². The predicted molar refractivity (Wildman–Crippen MR) is 89.8 cm³/mol. The Morgan fingerprint density at radius 3 is 1.70 bits per heavy atom. The SMILES string of the molecule is C[n+]1c(-c2ccccc2)cc(CC(=O)O)cc1-c1ccccc1. The van der Waals surface area contributed by atoms with Gasteiger partial charge in [0, 0.05) is 23.3 Å². The van der Waals surface area contributed by atoms with Gasteiger partial charge < -0.3 is 5.11 Å². The summed E-state index contributed by atoms with van der Waals surface area (Å²) in [4.78, 5) is 11.1. The summed E-state index contributed by atoms with van der Waals surface area (Å²) < 4.78 is 2.11.